The van der Waals surface area contributed by atoms with Crippen LogP contribution >= 0.6 is 0 Å². The van der Waals surface area contributed by atoms with Gasteiger partial charge in [0.25, 0.3) is 0 Å². The summed E-state index contributed by atoms with van der Waals surface area (Å²) in [5, 5.41) is 10.5. The Labute approximate surface area is 125 Å². The molecule has 0 aliphatic carbocycles. The molecule has 0 atom stereocenters. The van der Waals surface area contributed by atoms with E-state index in [4.69, 9.17) is 0 Å². The van der Waals surface area contributed by atoms with Gasteiger partial charge in [0.2, 0.25) is 5.91 Å². The highest BCUT2D eigenvalue weighted by Crippen LogP contribution is 2.17. The fourth-order valence-electron chi connectivity index (χ4n) is 2.27. The van der Waals surface area contributed by atoms with Gasteiger partial charge in [0.15, 0.2) is 0 Å². The van der Waals surface area contributed by atoms with Crippen LogP contribution in [-0.2, 0) is 11.3 Å². The van der Waals surface area contributed by atoms with Crippen molar-refractivity contribution in [1.82, 2.24) is 20.4 Å². The molecule has 0 fully saturated rings. The van der Waals surface area contributed by atoms with Crippen molar-refractivity contribution in [3.05, 3.63) is 47.3 Å². The van der Waals surface area contributed by atoms with Crippen molar-refractivity contribution >= 4 is 5.91 Å². The van der Waals surface area contributed by atoms with Crippen LogP contribution in [0.5, 0.6) is 0 Å². The van der Waals surface area contributed by atoms with Crippen molar-refractivity contribution in [1.29, 1.82) is 0 Å². The second-order valence-corrected chi connectivity index (χ2v) is 5.03. The lowest BCUT2D eigenvalue weighted by atomic mass is 10.2. The topological polar surface area (TPSA) is 59.0 Å². The highest BCUT2D eigenvalue weighted by molar-refractivity contribution is 5.76. The van der Waals surface area contributed by atoms with Crippen molar-refractivity contribution in [2.45, 2.75) is 26.8 Å². The molecule has 0 aliphatic heterocycles. The first kappa shape index (κ1) is 15.3. The van der Waals surface area contributed by atoms with Crippen LogP contribution in [0, 0.1) is 13.8 Å². The summed E-state index contributed by atoms with van der Waals surface area (Å²) in [5.41, 5.74) is 4.13. The van der Waals surface area contributed by atoms with Gasteiger partial charge in [-0.05, 0) is 33.0 Å². The highest BCUT2D eigenvalue weighted by atomic mass is 16.1. The number of para-hydroxylation sites is 1. The zero-order valence-corrected chi connectivity index (χ0v) is 12.8. The molecule has 0 radical (unpaired) electrons. The number of carbonyl (C=O) groups is 1. The van der Waals surface area contributed by atoms with Gasteiger partial charge in [-0.1, -0.05) is 18.2 Å². The highest BCUT2D eigenvalue weighted by Gasteiger charge is 2.13. The van der Waals surface area contributed by atoms with Crippen molar-refractivity contribution in [2.24, 2.45) is 0 Å². The van der Waals surface area contributed by atoms with Crippen LogP contribution in [-0.4, -0.2) is 29.3 Å². The molecule has 1 heterocycles. The molecule has 5 heteroatoms. The van der Waals surface area contributed by atoms with Gasteiger partial charge < -0.3 is 10.6 Å². The fourth-order valence-corrected chi connectivity index (χ4v) is 2.27. The predicted octanol–water partition coefficient (Wildman–Crippen LogP) is 1.71. The molecule has 0 saturated carbocycles. The third-order valence-corrected chi connectivity index (χ3v) is 3.51. The Balaban J connectivity index is 2.11. The number of nitrogens with zero attached hydrogens (tertiary/aromatic N) is 2. The van der Waals surface area contributed by atoms with Crippen LogP contribution < -0.4 is 10.6 Å². The number of nitrogens with one attached hydrogen (secondary N) is 2. The van der Waals surface area contributed by atoms with Gasteiger partial charge in [-0.2, -0.15) is 5.10 Å². The minimum Gasteiger partial charge on any atom is -0.352 e. The molecule has 1 amide bonds. The van der Waals surface area contributed by atoms with Crippen molar-refractivity contribution in [2.75, 3.05) is 13.6 Å². The van der Waals surface area contributed by atoms with Crippen LogP contribution in [0.2, 0.25) is 0 Å². The van der Waals surface area contributed by atoms with Crippen LogP contribution in [0.25, 0.3) is 5.69 Å². The third-order valence-electron chi connectivity index (χ3n) is 3.51. The largest absolute Gasteiger partial charge is 0.352 e. The lowest BCUT2D eigenvalue weighted by Gasteiger charge is -2.07. The van der Waals surface area contributed by atoms with Gasteiger partial charge in [-0.15, -0.1) is 0 Å². The fraction of sp³-hybridized carbons (Fsp3) is 0.375. The van der Waals surface area contributed by atoms with Gasteiger partial charge in [-0.3, -0.25) is 4.79 Å². The number of benzene rings is 1. The van der Waals surface area contributed by atoms with E-state index in [1.54, 1.807) is 0 Å². The average Bonchev–Trinajstić information content (AvgIpc) is 2.79. The van der Waals surface area contributed by atoms with E-state index in [9.17, 15) is 4.79 Å². The third kappa shape index (κ3) is 3.70. The van der Waals surface area contributed by atoms with E-state index in [-0.39, 0.29) is 5.91 Å². The molecular weight excluding hydrogens is 264 g/mol. The maximum atomic E-state index is 11.7. The Morgan fingerprint density at radius 2 is 1.95 bits per heavy atom. The molecule has 0 saturated heterocycles. The summed E-state index contributed by atoms with van der Waals surface area (Å²) in [6.45, 7) is 5.21. The summed E-state index contributed by atoms with van der Waals surface area (Å²) in [6, 6.07) is 10.0. The van der Waals surface area contributed by atoms with E-state index in [1.165, 1.54) is 0 Å². The minimum atomic E-state index is 0.0515. The van der Waals surface area contributed by atoms with Gasteiger partial charge in [0.05, 0.1) is 11.4 Å². The SMILES string of the molecule is CNCCC(=O)NCc1c(C)nn(-c2ccccc2)c1C. The van der Waals surface area contributed by atoms with E-state index < -0.39 is 0 Å². The van der Waals surface area contributed by atoms with Crippen molar-refractivity contribution in [3.8, 4) is 5.69 Å². The second-order valence-electron chi connectivity index (χ2n) is 5.03. The van der Waals surface area contributed by atoms with Crippen LogP contribution in [0.3, 0.4) is 0 Å². The lowest BCUT2D eigenvalue weighted by Crippen LogP contribution is -2.26. The average molecular weight is 286 g/mol. The number of carbonyl (C=O) groups excluding carboxylic acids is 1. The summed E-state index contributed by atoms with van der Waals surface area (Å²) in [5.74, 6) is 0.0515. The summed E-state index contributed by atoms with van der Waals surface area (Å²) >= 11 is 0. The van der Waals surface area contributed by atoms with E-state index in [0.29, 0.717) is 19.5 Å². The first-order valence-corrected chi connectivity index (χ1v) is 7.15. The zero-order valence-electron chi connectivity index (χ0n) is 12.8. The molecule has 0 aliphatic rings. The maximum Gasteiger partial charge on any atom is 0.221 e. The van der Waals surface area contributed by atoms with Crippen molar-refractivity contribution in [3.63, 3.8) is 0 Å². The monoisotopic (exact) mass is 286 g/mol. The molecule has 0 spiro atoms. The molecule has 0 bridgehead atoms. The standard InChI is InChI=1S/C16H22N4O/c1-12-15(11-18-16(21)9-10-17-3)13(2)20(19-12)14-7-5-4-6-8-14/h4-8,17H,9-11H2,1-3H3,(H,18,21). The Kier molecular flexibility index (Phi) is 5.11. The normalized spacial score (nSPS) is 10.6. The summed E-state index contributed by atoms with van der Waals surface area (Å²) in [7, 11) is 1.84. The Morgan fingerprint density at radius 3 is 2.62 bits per heavy atom. The number of aryl methyl sites for hydroxylation is 1. The quantitative estimate of drug-likeness (QED) is 0.850. The van der Waals surface area contributed by atoms with Gasteiger partial charge >= 0.3 is 0 Å². The van der Waals surface area contributed by atoms with E-state index in [1.807, 2.05) is 55.9 Å². The number of rotatable bonds is 6. The molecule has 112 valence electrons. The Hall–Kier alpha value is -2.14. The number of amides is 1. The smallest absolute Gasteiger partial charge is 0.221 e. The van der Waals surface area contributed by atoms with Gasteiger partial charge in [-0.25, -0.2) is 4.68 Å². The molecule has 21 heavy (non-hydrogen) atoms. The molecule has 2 rings (SSSR count). The molecule has 5 nitrogen and oxygen atoms in total. The van der Waals surface area contributed by atoms with Crippen LogP contribution in [0.4, 0.5) is 0 Å². The summed E-state index contributed by atoms with van der Waals surface area (Å²) < 4.78 is 1.92. The predicted molar refractivity (Wildman–Crippen MR) is 83.4 cm³/mol. The first-order valence-electron chi connectivity index (χ1n) is 7.15. The number of hydrogen-bond acceptors (Lipinski definition) is 3. The van der Waals surface area contributed by atoms with Crippen LogP contribution in [0.1, 0.15) is 23.4 Å². The maximum absolute atomic E-state index is 11.7. The molecule has 0 unspecified atom stereocenters. The molecule has 2 aromatic rings. The lowest BCUT2D eigenvalue weighted by molar-refractivity contribution is -0.121. The van der Waals surface area contributed by atoms with E-state index >= 15 is 0 Å². The summed E-state index contributed by atoms with van der Waals surface area (Å²) in [6.07, 6.45) is 0.488. The van der Waals surface area contributed by atoms with Gasteiger partial charge in [0, 0.05) is 30.8 Å². The molecule has 2 N–H and O–H groups in total. The second kappa shape index (κ2) is 7.04. The van der Waals surface area contributed by atoms with Crippen molar-refractivity contribution < 1.29 is 4.79 Å². The number of aromatic nitrogens is 2. The first-order chi connectivity index (χ1) is 10.1. The summed E-state index contributed by atoms with van der Waals surface area (Å²) in [4.78, 5) is 11.7. The zero-order chi connectivity index (χ0) is 15.2. The van der Waals surface area contributed by atoms with E-state index in [2.05, 4.69) is 15.7 Å². The Bertz CT molecular complexity index is 604. The Morgan fingerprint density at radius 1 is 1.24 bits per heavy atom. The van der Waals surface area contributed by atoms with Gasteiger partial charge in [0.1, 0.15) is 0 Å². The minimum absolute atomic E-state index is 0.0515. The van der Waals surface area contributed by atoms with Crippen LogP contribution in [0.15, 0.2) is 30.3 Å². The molecule has 1 aromatic heterocycles. The number of hydrogen-bond donors (Lipinski definition) is 2. The van der Waals surface area contributed by atoms with E-state index in [0.717, 1.165) is 22.6 Å². The molecular formula is C16H22N4O. The molecule has 1 aromatic carbocycles.